The fourth-order valence-electron chi connectivity index (χ4n) is 2.92. The second kappa shape index (κ2) is 5.43. The number of nitrogens with one attached hydrogen (secondary N) is 1. The molecule has 0 bridgehead atoms. The molecule has 0 saturated heterocycles. The number of nitrogens with zero attached hydrogens (tertiary/aromatic N) is 1. The summed E-state index contributed by atoms with van der Waals surface area (Å²) in [5, 5.41) is 3.47. The number of benzene rings is 1. The highest BCUT2D eigenvalue weighted by Crippen LogP contribution is 2.38. The number of hydrogen-bond acceptors (Lipinski definition) is 2. The molecule has 0 fully saturated rings. The third-order valence-corrected chi connectivity index (χ3v) is 4.40. The van der Waals surface area contributed by atoms with E-state index in [1.807, 2.05) is 12.4 Å². The number of pyridine rings is 1. The van der Waals surface area contributed by atoms with Crippen LogP contribution in [0.25, 0.3) is 0 Å². The molecular formula is C16H17BrN2. The lowest BCUT2D eigenvalue weighted by molar-refractivity contribution is 0.422. The lowest BCUT2D eigenvalue weighted by Crippen LogP contribution is -2.39. The minimum Gasteiger partial charge on any atom is -0.316 e. The third-order valence-electron chi connectivity index (χ3n) is 3.97. The van der Waals surface area contributed by atoms with Crippen LogP contribution in [-0.4, -0.2) is 18.1 Å². The molecule has 1 aromatic carbocycles. The number of aromatic nitrogens is 1. The van der Waals surface area contributed by atoms with Crippen molar-refractivity contribution >= 4 is 15.9 Å². The maximum atomic E-state index is 4.24. The van der Waals surface area contributed by atoms with E-state index in [1.54, 1.807) is 0 Å². The van der Waals surface area contributed by atoms with Gasteiger partial charge in [-0.3, -0.25) is 4.98 Å². The number of likely N-dealkylation sites (N-methyl/N-ethyl adjacent to an activating group) is 1. The van der Waals surface area contributed by atoms with E-state index in [2.05, 4.69) is 63.6 Å². The Labute approximate surface area is 122 Å². The van der Waals surface area contributed by atoms with Crippen LogP contribution in [0.2, 0.25) is 0 Å². The van der Waals surface area contributed by atoms with Gasteiger partial charge >= 0.3 is 0 Å². The monoisotopic (exact) mass is 316 g/mol. The van der Waals surface area contributed by atoms with E-state index in [-0.39, 0.29) is 0 Å². The Bertz CT molecular complexity index is 582. The zero-order valence-electron chi connectivity index (χ0n) is 10.9. The number of fused-ring (bicyclic) bond motifs is 1. The van der Waals surface area contributed by atoms with Gasteiger partial charge in [0, 0.05) is 28.8 Å². The van der Waals surface area contributed by atoms with E-state index in [9.17, 15) is 0 Å². The first-order valence-electron chi connectivity index (χ1n) is 6.62. The first-order valence-corrected chi connectivity index (χ1v) is 7.41. The van der Waals surface area contributed by atoms with Gasteiger partial charge in [0.05, 0.1) is 0 Å². The second-order valence-electron chi connectivity index (χ2n) is 5.12. The molecule has 2 aromatic rings. The summed E-state index contributed by atoms with van der Waals surface area (Å²) >= 11 is 3.48. The summed E-state index contributed by atoms with van der Waals surface area (Å²) in [6, 6.07) is 11.4. The first kappa shape index (κ1) is 12.8. The van der Waals surface area contributed by atoms with Crippen molar-refractivity contribution in [2.24, 2.45) is 0 Å². The maximum absolute atomic E-state index is 4.24. The van der Waals surface area contributed by atoms with Crippen LogP contribution in [-0.2, 0) is 12.8 Å². The summed E-state index contributed by atoms with van der Waals surface area (Å²) in [5.41, 5.74) is 4.28. The van der Waals surface area contributed by atoms with Crippen molar-refractivity contribution in [2.75, 3.05) is 7.05 Å². The average molecular weight is 317 g/mol. The number of halogens is 1. The fraction of sp³-hybridized carbons (Fsp3) is 0.312. The molecule has 2 atom stereocenters. The SMILES string of the molecule is CNC(Cc1cncc(Br)c1)C1Cc2ccccc21. The molecule has 1 heterocycles. The molecule has 0 spiro atoms. The van der Waals surface area contributed by atoms with Crippen LogP contribution >= 0.6 is 15.9 Å². The van der Waals surface area contributed by atoms with Crippen LogP contribution in [0.15, 0.2) is 47.2 Å². The fourth-order valence-corrected chi connectivity index (χ4v) is 3.34. The number of rotatable bonds is 4. The van der Waals surface area contributed by atoms with Gasteiger partial charge < -0.3 is 5.32 Å². The molecule has 1 N–H and O–H groups in total. The van der Waals surface area contributed by atoms with Crippen LogP contribution in [0.4, 0.5) is 0 Å². The molecule has 1 aliphatic rings. The van der Waals surface area contributed by atoms with Gasteiger partial charge in [0.1, 0.15) is 0 Å². The van der Waals surface area contributed by atoms with Crippen molar-refractivity contribution in [2.45, 2.75) is 24.8 Å². The van der Waals surface area contributed by atoms with Gasteiger partial charge in [-0.1, -0.05) is 24.3 Å². The molecule has 2 unspecified atom stereocenters. The highest BCUT2D eigenvalue weighted by Gasteiger charge is 2.31. The van der Waals surface area contributed by atoms with Crippen LogP contribution < -0.4 is 5.32 Å². The van der Waals surface area contributed by atoms with Gasteiger partial charge in [0.25, 0.3) is 0 Å². The molecule has 1 aromatic heterocycles. The van der Waals surface area contributed by atoms with Gasteiger partial charge in [-0.15, -0.1) is 0 Å². The Kier molecular flexibility index (Phi) is 3.67. The summed E-state index contributed by atoms with van der Waals surface area (Å²) in [7, 11) is 2.05. The van der Waals surface area contributed by atoms with Crippen molar-refractivity contribution in [3.8, 4) is 0 Å². The van der Waals surface area contributed by atoms with Gasteiger partial charge in [-0.25, -0.2) is 0 Å². The summed E-state index contributed by atoms with van der Waals surface area (Å²) in [6.07, 6.45) is 5.99. The summed E-state index contributed by atoms with van der Waals surface area (Å²) in [6.45, 7) is 0. The van der Waals surface area contributed by atoms with E-state index in [0.717, 1.165) is 10.9 Å². The highest BCUT2D eigenvalue weighted by molar-refractivity contribution is 9.10. The Morgan fingerprint density at radius 1 is 1.37 bits per heavy atom. The Balaban J connectivity index is 1.76. The predicted octanol–water partition coefficient (Wildman–Crippen LogP) is 3.31. The molecule has 19 heavy (non-hydrogen) atoms. The molecule has 3 heteroatoms. The minimum atomic E-state index is 0.478. The first-order chi connectivity index (χ1) is 9.28. The van der Waals surface area contributed by atoms with Gasteiger partial charge in [-0.2, -0.15) is 0 Å². The second-order valence-corrected chi connectivity index (χ2v) is 6.04. The molecule has 0 radical (unpaired) electrons. The maximum Gasteiger partial charge on any atom is 0.0410 e. The smallest absolute Gasteiger partial charge is 0.0410 e. The molecule has 0 saturated carbocycles. The summed E-state index contributed by atoms with van der Waals surface area (Å²) in [4.78, 5) is 4.24. The van der Waals surface area contributed by atoms with E-state index < -0.39 is 0 Å². The van der Waals surface area contributed by atoms with E-state index in [1.165, 1.54) is 23.1 Å². The molecule has 0 aliphatic heterocycles. The normalized spacial score (nSPS) is 18.5. The van der Waals surface area contributed by atoms with Crippen molar-refractivity contribution < 1.29 is 0 Å². The van der Waals surface area contributed by atoms with Crippen LogP contribution in [0.3, 0.4) is 0 Å². The predicted molar refractivity (Wildman–Crippen MR) is 81.4 cm³/mol. The van der Waals surface area contributed by atoms with Crippen LogP contribution in [0, 0.1) is 0 Å². The summed E-state index contributed by atoms with van der Waals surface area (Å²) < 4.78 is 1.05. The Morgan fingerprint density at radius 2 is 2.21 bits per heavy atom. The molecule has 1 aliphatic carbocycles. The van der Waals surface area contributed by atoms with E-state index >= 15 is 0 Å². The molecule has 3 rings (SSSR count). The van der Waals surface area contributed by atoms with E-state index in [0.29, 0.717) is 12.0 Å². The Hall–Kier alpha value is -1.19. The lowest BCUT2D eigenvalue weighted by atomic mass is 9.72. The molecule has 98 valence electrons. The van der Waals surface area contributed by atoms with Crippen molar-refractivity contribution in [3.63, 3.8) is 0 Å². The zero-order chi connectivity index (χ0) is 13.2. The summed E-state index contributed by atoms with van der Waals surface area (Å²) in [5.74, 6) is 0.625. The van der Waals surface area contributed by atoms with Gasteiger partial charge in [0.15, 0.2) is 0 Å². The topological polar surface area (TPSA) is 24.9 Å². The largest absolute Gasteiger partial charge is 0.316 e. The third kappa shape index (κ3) is 2.58. The van der Waals surface area contributed by atoms with Crippen molar-refractivity contribution in [1.82, 2.24) is 10.3 Å². The quantitative estimate of drug-likeness (QED) is 0.936. The number of hydrogen-bond donors (Lipinski definition) is 1. The van der Waals surface area contributed by atoms with Crippen LogP contribution in [0.5, 0.6) is 0 Å². The lowest BCUT2D eigenvalue weighted by Gasteiger charge is -2.36. The van der Waals surface area contributed by atoms with Gasteiger partial charge in [-0.05, 0) is 58.6 Å². The molecule has 0 amide bonds. The molecular weight excluding hydrogens is 300 g/mol. The standard InChI is InChI=1S/C16H17BrN2/c1-18-16(7-11-6-13(17)10-19-9-11)15-8-12-4-2-3-5-14(12)15/h2-6,9-10,15-16,18H,7-8H2,1H3. The van der Waals surface area contributed by atoms with Crippen molar-refractivity contribution in [1.29, 1.82) is 0 Å². The highest BCUT2D eigenvalue weighted by atomic mass is 79.9. The van der Waals surface area contributed by atoms with E-state index in [4.69, 9.17) is 0 Å². The Morgan fingerprint density at radius 3 is 2.95 bits per heavy atom. The van der Waals surface area contributed by atoms with Gasteiger partial charge in [0.2, 0.25) is 0 Å². The van der Waals surface area contributed by atoms with Crippen molar-refractivity contribution in [3.05, 3.63) is 63.9 Å². The zero-order valence-corrected chi connectivity index (χ0v) is 12.5. The van der Waals surface area contributed by atoms with Crippen LogP contribution in [0.1, 0.15) is 22.6 Å². The average Bonchev–Trinajstić information content (AvgIpc) is 2.39. The molecule has 2 nitrogen and oxygen atoms in total. The minimum absolute atomic E-state index is 0.478.